The molecule has 6 heteroatoms. The third-order valence-electron chi connectivity index (χ3n) is 4.83. The average molecular weight is 447 g/mol. The van der Waals surface area contributed by atoms with Crippen LogP contribution in [0.5, 0.6) is 17.2 Å². The van der Waals surface area contributed by atoms with E-state index in [1.54, 1.807) is 18.3 Å². The molecule has 3 aromatic carbocycles. The molecule has 0 spiro atoms. The van der Waals surface area contributed by atoms with Gasteiger partial charge in [-0.1, -0.05) is 37.3 Å². The molecule has 0 fully saturated rings. The van der Waals surface area contributed by atoms with E-state index in [1.165, 1.54) is 5.56 Å². The van der Waals surface area contributed by atoms with Gasteiger partial charge in [0.15, 0.2) is 11.5 Å². The molecule has 6 nitrogen and oxygen atoms in total. The molecule has 0 aliphatic heterocycles. The number of aryl methyl sites for hydroxylation is 1. The summed E-state index contributed by atoms with van der Waals surface area (Å²) in [5, 5.41) is 4.04. The van der Waals surface area contributed by atoms with Crippen molar-refractivity contribution in [1.29, 1.82) is 0 Å². The van der Waals surface area contributed by atoms with Crippen molar-refractivity contribution < 1.29 is 19.0 Å². The quantitative estimate of drug-likeness (QED) is 0.234. The zero-order chi connectivity index (χ0) is 23.3. The molecule has 0 aliphatic carbocycles. The Labute approximate surface area is 195 Å². The fraction of sp³-hybridized carbons (Fsp3) is 0.259. The van der Waals surface area contributed by atoms with Crippen LogP contribution in [0.25, 0.3) is 0 Å². The van der Waals surface area contributed by atoms with E-state index in [4.69, 9.17) is 14.2 Å². The Morgan fingerprint density at radius 3 is 2.36 bits per heavy atom. The molecular weight excluding hydrogens is 416 g/mol. The maximum atomic E-state index is 12.1. The summed E-state index contributed by atoms with van der Waals surface area (Å²) in [6.07, 6.45) is 3.34. The SMILES string of the molecule is CCOc1cc(C=NNC(=O)c2ccccc2)ccc1OCCCOc1ccc(CC)cc1. The smallest absolute Gasteiger partial charge is 0.271 e. The Morgan fingerprint density at radius 1 is 0.879 bits per heavy atom. The van der Waals surface area contributed by atoms with Gasteiger partial charge in [0, 0.05) is 12.0 Å². The summed E-state index contributed by atoms with van der Waals surface area (Å²) in [5.74, 6) is 1.90. The average Bonchev–Trinajstić information content (AvgIpc) is 2.86. The summed E-state index contributed by atoms with van der Waals surface area (Å²) in [6, 6.07) is 22.6. The number of benzene rings is 3. The van der Waals surface area contributed by atoms with E-state index in [0.717, 1.165) is 24.2 Å². The van der Waals surface area contributed by atoms with Crippen LogP contribution in [0.15, 0.2) is 77.9 Å². The monoisotopic (exact) mass is 446 g/mol. The second-order valence-corrected chi connectivity index (χ2v) is 7.25. The van der Waals surface area contributed by atoms with Gasteiger partial charge in [-0.2, -0.15) is 5.10 Å². The van der Waals surface area contributed by atoms with Gasteiger partial charge in [-0.25, -0.2) is 5.43 Å². The van der Waals surface area contributed by atoms with E-state index in [0.29, 0.717) is 36.9 Å². The summed E-state index contributed by atoms with van der Waals surface area (Å²) >= 11 is 0. The number of hydrogen-bond donors (Lipinski definition) is 1. The summed E-state index contributed by atoms with van der Waals surface area (Å²) in [7, 11) is 0. The van der Waals surface area contributed by atoms with E-state index in [2.05, 4.69) is 29.6 Å². The number of carbonyl (C=O) groups is 1. The number of rotatable bonds is 12. The lowest BCUT2D eigenvalue weighted by Gasteiger charge is -2.13. The molecule has 0 saturated carbocycles. The Hall–Kier alpha value is -3.80. The predicted octanol–water partition coefficient (Wildman–Crippen LogP) is 5.26. The Balaban J connectivity index is 1.48. The highest BCUT2D eigenvalue weighted by molar-refractivity contribution is 5.94. The molecule has 0 bridgehead atoms. The minimum atomic E-state index is -0.264. The van der Waals surface area contributed by atoms with Gasteiger partial charge in [0.1, 0.15) is 5.75 Å². The molecule has 0 heterocycles. The topological polar surface area (TPSA) is 69.2 Å². The zero-order valence-corrected chi connectivity index (χ0v) is 19.1. The van der Waals surface area contributed by atoms with Gasteiger partial charge in [-0.05, 0) is 66.9 Å². The fourth-order valence-corrected chi connectivity index (χ4v) is 3.06. The molecule has 1 N–H and O–H groups in total. The number of amides is 1. The minimum absolute atomic E-state index is 0.264. The first kappa shape index (κ1) is 23.9. The molecule has 0 radical (unpaired) electrons. The Kier molecular flexibility index (Phi) is 9.33. The molecule has 3 rings (SSSR count). The molecule has 3 aromatic rings. The second-order valence-electron chi connectivity index (χ2n) is 7.25. The highest BCUT2D eigenvalue weighted by Crippen LogP contribution is 2.28. The van der Waals surface area contributed by atoms with Gasteiger partial charge in [0.05, 0.1) is 26.0 Å². The van der Waals surface area contributed by atoms with Gasteiger partial charge >= 0.3 is 0 Å². The molecule has 0 aromatic heterocycles. The van der Waals surface area contributed by atoms with Crippen LogP contribution in [0.4, 0.5) is 0 Å². The summed E-state index contributed by atoms with van der Waals surface area (Å²) in [5.41, 5.74) is 5.16. The second kappa shape index (κ2) is 12.9. The first-order valence-electron chi connectivity index (χ1n) is 11.2. The molecule has 33 heavy (non-hydrogen) atoms. The van der Waals surface area contributed by atoms with E-state index >= 15 is 0 Å². The van der Waals surface area contributed by atoms with Gasteiger partial charge in [-0.15, -0.1) is 0 Å². The number of ether oxygens (including phenoxy) is 3. The summed E-state index contributed by atoms with van der Waals surface area (Å²) in [6.45, 7) is 5.64. The molecule has 172 valence electrons. The molecular formula is C27H30N2O4. The van der Waals surface area contributed by atoms with Crippen molar-refractivity contribution in [1.82, 2.24) is 5.43 Å². The minimum Gasteiger partial charge on any atom is -0.493 e. The van der Waals surface area contributed by atoms with Crippen LogP contribution in [-0.2, 0) is 6.42 Å². The van der Waals surface area contributed by atoms with Crippen molar-refractivity contribution in [2.75, 3.05) is 19.8 Å². The third-order valence-corrected chi connectivity index (χ3v) is 4.83. The van der Waals surface area contributed by atoms with Crippen molar-refractivity contribution in [2.24, 2.45) is 5.10 Å². The van der Waals surface area contributed by atoms with Crippen molar-refractivity contribution >= 4 is 12.1 Å². The lowest BCUT2D eigenvalue weighted by molar-refractivity contribution is 0.0955. The Bertz CT molecular complexity index is 1030. The van der Waals surface area contributed by atoms with Crippen LogP contribution < -0.4 is 19.6 Å². The zero-order valence-electron chi connectivity index (χ0n) is 19.1. The molecule has 0 atom stereocenters. The van der Waals surface area contributed by atoms with E-state index in [1.807, 2.05) is 55.5 Å². The van der Waals surface area contributed by atoms with E-state index in [9.17, 15) is 4.79 Å². The van der Waals surface area contributed by atoms with Gasteiger partial charge < -0.3 is 14.2 Å². The number of carbonyl (C=O) groups excluding carboxylic acids is 1. The van der Waals surface area contributed by atoms with Crippen LogP contribution in [0, 0.1) is 0 Å². The van der Waals surface area contributed by atoms with Crippen molar-refractivity contribution in [2.45, 2.75) is 26.7 Å². The van der Waals surface area contributed by atoms with Gasteiger partial charge in [0.25, 0.3) is 5.91 Å². The molecule has 0 unspecified atom stereocenters. The largest absolute Gasteiger partial charge is 0.493 e. The van der Waals surface area contributed by atoms with Crippen LogP contribution in [-0.4, -0.2) is 31.9 Å². The summed E-state index contributed by atoms with van der Waals surface area (Å²) in [4.78, 5) is 12.1. The maximum absolute atomic E-state index is 12.1. The lowest BCUT2D eigenvalue weighted by Crippen LogP contribution is -2.17. The van der Waals surface area contributed by atoms with Gasteiger partial charge in [-0.3, -0.25) is 4.79 Å². The number of nitrogens with one attached hydrogen (secondary N) is 1. The summed E-state index contributed by atoms with van der Waals surface area (Å²) < 4.78 is 17.4. The van der Waals surface area contributed by atoms with Crippen LogP contribution >= 0.6 is 0 Å². The van der Waals surface area contributed by atoms with Crippen LogP contribution in [0.1, 0.15) is 41.8 Å². The van der Waals surface area contributed by atoms with Crippen molar-refractivity contribution in [3.05, 3.63) is 89.5 Å². The van der Waals surface area contributed by atoms with Crippen LogP contribution in [0.2, 0.25) is 0 Å². The van der Waals surface area contributed by atoms with Gasteiger partial charge in [0.2, 0.25) is 0 Å². The number of nitrogens with zero attached hydrogens (tertiary/aromatic N) is 1. The highest BCUT2D eigenvalue weighted by atomic mass is 16.5. The van der Waals surface area contributed by atoms with Crippen LogP contribution in [0.3, 0.4) is 0 Å². The molecule has 0 aliphatic rings. The van der Waals surface area contributed by atoms with E-state index in [-0.39, 0.29) is 5.91 Å². The third kappa shape index (κ3) is 7.68. The highest BCUT2D eigenvalue weighted by Gasteiger charge is 2.07. The molecule has 1 amide bonds. The Morgan fingerprint density at radius 2 is 1.64 bits per heavy atom. The van der Waals surface area contributed by atoms with E-state index < -0.39 is 0 Å². The first-order chi connectivity index (χ1) is 16.2. The lowest BCUT2D eigenvalue weighted by atomic mass is 10.2. The predicted molar refractivity (Wildman–Crippen MR) is 131 cm³/mol. The van der Waals surface area contributed by atoms with Crippen molar-refractivity contribution in [3.8, 4) is 17.2 Å². The first-order valence-corrected chi connectivity index (χ1v) is 11.2. The fourth-order valence-electron chi connectivity index (χ4n) is 3.06. The standard InChI is InChI=1S/C27H30N2O4/c1-3-21-11-14-24(15-12-21)32-17-8-18-33-25-16-13-22(19-26(25)31-4-2)20-28-29-27(30)23-9-6-5-7-10-23/h5-7,9-16,19-20H,3-4,8,17-18H2,1-2H3,(H,29,30). The van der Waals surface area contributed by atoms with Crippen molar-refractivity contribution in [3.63, 3.8) is 0 Å². The molecule has 0 saturated heterocycles. The maximum Gasteiger partial charge on any atom is 0.271 e. The normalized spacial score (nSPS) is 10.7. The number of hydrogen-bond acceptors (Lipinski definition) is 5. The number of hydrazone groups is 1.